The van der Waals surface area contributed by atoms with E-state index in [-0.39, 0.29) is 24.0 Å². The monoisotopic (exact) mass is 487 g/mol. The average molecular weight is 487 g/mol. The molecule has 1 heterocycles. The number of likely N-dealkylation sites (tertiary alicyclic amines) is 1. The van der Waals surface area contributed by atoms with Gasteiger partial charge in [0.25, 0.3) is 0 Å². The van der Waals surface area contributed by atoms with Crippen LogP contribution in [0.25, 0.3) is 0 Å². The minimum atomic E-state index is 0. The number of aliphatic imine (C=N–C) groups is 1. The van der Waals surface area contributed by atoms with Gasteiger partial charge in [-0.2, -0.15) is 0 Å². The third-order valence-electron chi connectivity index (χ3n) is 5.12. The molecule has 1 aromatic carbocycles. The van der Waals surface area contributed by atoms with E-state index in [4.69, 9.17) is 0 Å². The highest BCUT2D eigenvalue weighted by Gasteiger charge is 2.19. The van der Waals surface area contributed by atoms with Crippen molar-refractivity contribution in [2.45, 2.75) is 51.7 Å². The van der Waals surface area contributed by atoms with Gasteiger partial charge in [0.05, 0.1) is 0 Å². The maximum Gasteiger partial charge on any atom is 0.191 e. The first-order chi connectivity index (χ1) is 12.6. The quantitative estimate of drug-likeness (QED) is 0.336. The molecule has 5 nitrogen and oxygen atoms in total. The molecular weight excluding hydrogens is 449 g/mol. The molecule has 1 saturated heterocycles. The number of guanidine groups is 1. The van der Waals surface area contributed by atoms with Gasteiger partial charge in [-0.05, 0) is 51.0 Å². The lowest BCUT2D eigenvalue weighted by atomic mass is 10.0. The van der Waals surface area contributed by atoms with Gasteiger partial charge in [-0.3, -0.25) is 9.89 Å². The van der Waals surface area contributed by atoms with Crippen LogP contribution >= 0.6 is 24.0 Å². The van der Waals surface area contributed by atoms with E-state index >= 15 is 0 Å². The summed E-state index contributed by atoms with van der Waals surface area (Å²) in [7, 11) is 6.03. The summed E-state index contributed by atoms with van der Waals surface area (Å²) in [6.07, 6.45) is 5.34. The summed E-state index contributed by atoms with van der Waals surface area (Å²) in [4.78, 5) is 9.17. The van der Waals surface area contributed by atoms with E-state index in [0.717, 1.165) is 38.2 Å². The Bertz CT molecular complexity index is 544. The highest BCUT2D eigenvalue weighted by molar-refractivity contribution is 14.0. The van der Waals surface area contributed by atoms with Crippen molar-refractivity contribution in [3.8, 4) is 0 Å². The SMILES string of the molecule is CCC1CCCCN1CCNC(=NC)NCc1ccc(CN(C)C)cc1.I. The van der Waals surface area contributed by atoms with Crippen molar-refractivity contribution in [1.82, 2.24) is 20.4 Å². The maximum absolute atomic E-state index is 4.35. The molecule has 0 saturated carbocycles. The van der Waals surface area contributed by atoms with E-state index in [1.165, 1.54) is 43.4 Å². The Balaban J connectivity index is 0.00000364. The van der Waals surface area contributed by atoms with Crippen molar-refractivity contribution >= 4 is 29.9 Å². The Morgan fingerprint density at radius 2 is 1.85 bits per heavy atom. The van der Waals surface area contributed by atoms with Crippen LogP contribution in [0.3, 0.4) is 0 Å². The number of hydrogen-bond acceptors (Lipinski definition) is 3. The molecule has 1 aromatic rings. The average Bonchev–Trinajstić information content (AvgIpc) is 2.65. The van der Waals surface area contributed by atoms with Gasteiger partial charge < -0.3 is 15.5 Å². The second-order valence-electron chi connectivity index (χ2n) is 7.50. The van der Waals surface area contributed by atoms with Crippen LogP contribution in [0.2, 0.25) is 0 Å². The van der Waals surface area contributed by atoms with E-state index < -0.39 is 0 Å². The number of piperidine rings is 1. The van der Waals surface area contributed by atoms with Crippen molar-refractivity contribution in [3.63, 3.8) is 0 Å². The zero-order valence-electron chi connectivity index (χ0n) is 17.5. The fourth-order valence-electron chi connectivity index (χ4n) is 3.67. The normalized spacial score (nSPS) is 18.3. The lowest BCUT2D eigenvalue weighted by Gasteiger charge is -2.35. The highest BCUT2D eigenvalue weighted by atomic mass is 127. The number of benzene rings is 1. The first-order valence-corrected chi connectivity index (χ1v) is 10.0. The molecule has 1 atom stereocenters. The van der Waals surface area contributed by atoms with Crippen molar-refractivity contribution in [2.75, 3.05) is 40.8 Å². The van der Waals surface area contributed by atoms with Crippen LogP contribution in [0.4, 0.5) is 0 Å². The Morgan fingerprint density at radius 3 is 2.48 bits per heavy atom. The van der Waals surface area contributed by atoms with Crippen LogP contribution in [0.5, 0.6) is 0 Å². The maximum atomic E-state index is 4.35. The van der Waals surface area contributed by atoms with Gasteiger partial charge in [0, 0.05) is 39.3 Å². The van der Waals surface area contributed by atoms with Gasteiger partial charge in [-0.25, -0.2) is 0 Å². The molecule has 0 aliphatic carbocycles. The first kappa shape index (κ1) is 24.2. The lowest BCUT2D eigenvalue weighted by molar-refractivity contribution is 0.147. The highest BCUT2D eigenvalue weighted by Crippen LogP contribution is 2.18. The third kappa shape index (κ3) is 8.79. The minimum absolute atomic E-state index is 0. The summed E-state index contributed by atoms with van der Waals surface area (Å²) in [6.45, 7) is 7.36. The summed E-state index contributed by atoms with van der Waals surface area (Å²) < 4.78 is 0. The predicted octanol–water partition coefficient (Wildman–Crippen LogP) is 3.30. The molecule has 0 bridgehead atoms. The fourth-order valence-corrected chi connectivity index (χ4v) is 3.67. The summed E-state index contributed by atoms with van der Waals surface area (Å²) in [5, 5.41) is 6.88. The van der Waals surface area contributed by atoms with E-state index in [1.807, 2.05) is 7.05 Å². The number of nitrogens with zero attached hydrogens (tertiary/aromatic N) is 3. The van der Waals surface area contributed by atoms with Crippen LogP contribution in [0.1, 0.15) is 43.7 Å². The molecule has 1 aliphatic rings. The Hall–Kier alpha value is -0.860. The van der Waals surface area contributed by atoms with E-state index in [9.17, 15) is 0 Å². The van der Waals surface area contributed by atoms with Gasteiger partial charge in [-0.1, -0.05) is 37.6 Å². The van der Waals surface area contributed by atoms with Crippen molar-refractivity contribution in [1.29, 1.82) is 0 Å². The smallest absolute Gasteiger partial charge is 0.191 e. The van der Waals surface area contributed by atoms with Crippen LogP contribution in [-0.4, -0.2) is 62.6 Å². The molecule has 0 aromatic heterocycles. The molecule has 6 heteroatoms. The zero-order valence-corrected chi connectivity index (χ0v) is 19.8. The second kappa shape index (κ2) is 13.3. The molecule has 1 fully saturated rings. The number of halogens is 1. The third-order valence-corrected chi connectivity index (χ3v) is 5.12. The Labute approximate surface area is 183 Å². The number of hydrogen-bond donors (Lipinski definition) is 2. The zero-order chi connectivity index (χ0) is 18.8. The van der Waals surface area contributed by atoms with Crippen LogP contribution in [-0.2, 0) is 13.1 Å². The molecular formula is C21H38IN5. The van der Waals surface area contributed by atoms with Crippen molar-refractivity contribution in [3.05, 3.63) is 35.4 Å². The van der Waals surface area contributed by atoms with Gasteiger partial charge >= 0.3 is 0 Å². The molecule has 0 spiro atoms. The van der Waals surface area contributed by atoms with Gasteiger partial charge in [0.2, 0.25) is 0 Å². The molecule has 1 aliphatic heterocycles. The fraction of sp³-hybridized carbons (Fsp3) is 0.667. The molecule has 154 valence electrons. The summed E-state index contributed by atoms with van der Waals surface area (Å²) in [5.74, 6) is 0.882. The Kier molecular flexibility index (Phi) is 11.9. The van der Waals surface area contributed by atoms with Crippen LogP contribution in [0.15, 0.2) is 29.3 Å². The van der Waals surface area contributed by atoms with Crippen LogP contribution < -0.4 is 10.6 Å². The van der Waals surface area contributed by atoms with E-state index in [0.29, 0.717) is 0 Å². The van der Waals surface area contributed by atoms with E-state index in [1.54, 1.807) is 0 Å². The second-order valence-corrected chi connectivity index (χ2v) is 7.50. The van der Waals surface area contributed by atoms with Gasteiger partial charge in [0.1, 0.15) is 0 Å². The molecule has 27 heavy (non-hydrogen) atoms. The first-order valence-electron chi connectivity index (χ1n) is 10.0. The number of rotatable bonds is 8. The van der Waals surface area contributed by atoms with Crippen molar-refractivity contribution in [2.24, 2.45) is 4.99 Å². The molecule has 1 unspecified atom stereocenters. The lowest BCUT2D eigenvalue weighted by Crippen LogP contribution is -2.45. The van der Waals surface area contributed by atoms with E-state index in [2.05, 4.69) is 70.7 Å². The van der Waals surface area contributed by atoms with Gasteiger partial charge in [-0.15, -0.1) is 24.0 Å². The van der Waals surface area contributed by atoms with Gasteiger partial charge in [0.15, 0.2) is 5.96 Å². The van der Waals surface area contributed by atoms with Crippen molar-refractivity contribution < 1.29 is 0 Å². The standard InChI is InChI=1S/C21H37N5.HI/c1-5-20-8-6-7-14-26(20)15-13-23-21(22-2)24-16-18-9-11-19(12-10-18)17-25(3)4;/h9-12,20H,5-8,13-17H2,1-4H3,(H2,22,23,24);1H. The number of nitrogens with one attached hydrogen (secondary N) is 2. The minimum Gasteiger partial charge on any atom is -0.355 e. The summed E-state index contributed by atoms with van der Waals surface area (Å²) in [6, 6.07) is 9.56. The largest absolute Gasteiger partial charge is 0.355 e. The molecule has 2 N–H and O–H groups in total. The van der Waals surface area contributed by atoms with Crippen LogP contribution in [0, 0.1) is 0 Å². The predicted molar refractivity (Wildman–Crippen MR) is 127 cm³/mol. The molecule has 2 rings (SSSR count). The molecule has 0 radical (unpaired) electrons. The summed E-state index contributed by atoms with van der Waals surface area (Å²) >= 11 is 0. The summed E-state index contributed by atoms with van der Waals surface area (Å²) in [5.41, 5.74) is 2.62. The topological polar surface area (TPSA) is 42.9 Å². The Morgan fingerprint density at radius 1 is 1.15 bits per heavy atom. The molecule has 0 amide bonds.